The van der Waals surface area contributed by atoms with Crippen LogP contribution in [0.25, 0.3) is 0 Å². The van der Waals surface area contributed by atoms with Gasteiger partial charge in [0, 0.05) is 11.0 Å². The number of hydrogen-bond donors (Lipinski definition) is 2. The lowest BCUT2D eigenvalue weighted by Gasteiger charge is -2.02. The van der Waals surface area contributed by atoms with Crippen LogP contribution >= 0.6 is 27.3 Å². The minimum atomic E-state index is -0.466. The zero-order valence-corrected chi connectivity index (χ0v) is 12.5. The molecule has 0 aliphatic rings. The third kappa shape index (κ3) is 3.45. The fraction of sp³-hybridized carbons (Fsp3) is 0.167. The zero-order chi connectivity index (χ0) is 13.8. The number of rotatable bonds is 4. The fourth-order valence-corrected chi connectivity index (χ4v) is 2.49. The van der Waals surface area contributed by atoms with Gasteiger partial charge in [0.25, 0.3) is 0 Å². The van der Waals surface area contributed by atoms with Gasteiger partial charge in [0.15, 0.2) is 15.8 Å². The molecule has 0 atom stereocenters. The Balaban J connectivity index is 2.04. The topological polar surface area (TPSA) is 77.2 Å². The van der Waals surface area contributed by atoms with Crippen LogP contribution in [-0.2, 0) is 11.3 Å². The molecule has 3 N–H and O–H groups in total. The third-order valence-corrected chi connectivity index (χ3v) is 3.92. The summed E-state index contributed by atoms with van der Waals surface area (Å²) in [4.78, 5) is 15.8. The maximum Gasteiger partial charge on any atom is 0.351 e. The molecule has 7 heteroatoms. The Labute approximate surface area is 122 Å². The number of anilines is 2. The van der Waals surface area contributed by atoms with E-state index >= 15 is 0 Å². The Kier molecular flexibility index (Phi) is 4.39. The molecule has 2 aromatic rings. The summed E-state index contributed by atoms with van der Waals surface area (Å²) < 4.78 is 5.66. The van der Waals surface area contributed by atoms with Crippen molar-refractivity contribution in [3.05, 3.63) is 39.2 Å². The number of nitrogens with two attached hydrogens (primary N) is 1. The van der Waals surface area contributed by atoms with Crippen molar-refractivity contribution in [1.82, 2.24) is 4.98 Å². The lowest BCUT2D eigenvalue weighted by Crippen LogP contribution is -2.02. The number of nitrogen functional groups attached to an aromatic ring is 1. The van der Waals surface area contributed by atoms with Gasteiger partial charge in [0.2, 0.25) is 0 Å². The Morgan fingerprint density at radius 2 is 2.16 bits per heavy atom. The van der Waals surface area contributed by atoms with Crippen molar-refractivity contribution in [2.75, 3.05) is 18.2 Å². The predicted octanol–water partition coefficient (Wildman–Crippen LogP) is 2.89. The van der Waals surface area contributed by atoms with Crippen LogP contribution in [0.1, 0.15) is 15.2 Å². The molecular formula is C12H12BrN3O2S. The minimum absolute atomic E-state index is 0.190. The van der Waals surface area contributed by atoms with Gasteiger partial charge in [-0.1, -0.05) is 39.4 Å². The molecule has 0 radical (unpaired) electrons. The number of methoxy groups -OCH3 is 1. The molecule has 0 aliphatic heterocycles. The van der Waals surface area contributed by atoms with Crippen LogP contribution in [-0.4, -0.2) is 18.1 Å². The highest BCUT2D eigenvalue weighted by atomic mass is 79.9. The van der Waals surface area contributed by atoms with Crippen molar-refractivity contribution in [2.45, 2.75) is 6.54 Å². The highest BCUT2D eigenvalue weighted by Crippen LogP contribution is 2.26. The fourth-order valence-electron chi connectivity index (χ4n) is 1.43. The van der Waals surface area contributed by atoms with Gasteiger partial charge < -0.3 is 15.8 Å². The molecule has 0 fully saturated rings. The van der Waals surface area contributed by atoms with Gasteiger partial charge in [-0.05, 0) is 17.7 Å². The molecule has 0 saturated carbocycles. The molecule has 19 heavy (non-hydrogen) atoms. The molecule has 0 bridgehead atoms. The van der Waals surface area contributed by atoms with Crippen LogP contribution in [0.2, 0.25) is 0 Å². The number of hydrogen-bond acceptors (Lipinski definition) is 6. The van der Waals surface area contributed by atoms with E-state index in [1.54, 1.807) is 0 Å². The molecule has 1 aromatic carbocycles. The van der Waals surface area contributed by atoms with Crippen LogP contribution in [0.5, 0.6) is 0 Å². The number of carbonyl (C=O) groups excluding carboxylic acids is 1. The summed E-state index contributed by atoms with van der Waals surface area (Å²) in [6.45, 7) is 0.612. The summed E-state index contributed by atoms with van der Waals surface area (Å²) in [7, 11) is 1.32. The SMILES string of the molecule is COC(=O)c1sc(NCc2ccc(Br)cc2)nc1N. The molecule has 0 aliphatic carbocycles. The van der Waals surface area contributed by atoms with E-state index in [1.165, 1.54) is 18.4 Å². The van der Waals surface area contributed by atoms with E-state index in [-0.39, 0.29) is 5.82 Å². The minimum Gasteiger partial charge on any atom is -0.465 e. The summed E-state index contributed by atoms with van der Waals surface area (Å²) in [6, 6.07) is 7.92. The first-order valence-corrected chi connectivity index (χ1v) is 7.04. The molecular weight excluding hydrogens is 330 g/mol. The molecule has 1 heterocycles. The average molecular weight is 342 g/mol. The van der Waals surface area contributed by atoms with Crippen molar-refractivity contribution in [3.63, 3.8) is 0 Å². The Morgan fingerprint density at radius 1 is 1.47 bits per heavy atom. The maximum absolute atomic E-state index is 11.4. The first kappa shape index (κ1) is 13.8. The van der Waals surface area contributed by atoms with Crippen molar-refractivity contribution in [3.8, 4) is 0 Å². The second kappa shape index (κ2) is 6.03. The second-order valence-corrected chi connectivity index (χ2v) is 5.62. The lowest BCUT2D eigenvalue weighted by molar-refractivity contribution is 0.0607. The van der Waals surface area contributed by atoms with E-state index in [9.17, 15) is 4.79 Å². The van der Waals surface area contributed by atoms with Gasteiger partial charge in [0.1, 0.15) is 0 Å². The third-order valence-electron chi connectivity index (χ3n) is 2.38. The summed E-state index contributed by atoms with van der Waals surface area (Å²) in [5.74, 6) is -0.276. The molecule has 2 rings (SSSR count). The van der Waals surface area contributed by atoms with E-state index in [0.717, 1.165) is 10.0 Å². The van der Waals surface area contributed by atoms with Crippen LogP contribution in [0, 0.1) is 0 Å². The summed E-state index contributed by atoms with van der Waals surface area (Å²) >= 11 is 4.56. The molecule has 5 nitrogen and oxygen atoms in total. The van der Waals surface area contributed by atoms with E-state index in [2.05, 4.69) is 31.0 Å². The van der Waals surface area contributed by atoms with Crippen LogP contribution in [0.4, 0.5) is 10.9 Å². The van der Waals surface area contributed by atoms with Crippen molar-refractivity contribution in [1.29, 1.82) is 0 Å². The summed E-state index contributed by atoms with van der Waals surface area (Å²) in [6.07, 6.45) is 0. The van der Waals surface area contributed by atoms with Crippen LogP contribution in [0.3, 0.4) is 0 Å². The number of esters is 1. The molecule has 0 amide bonds. The number of halogens is 1. The van der Waals surface area contributed by atoms with Gasteiger partial charge in [-0.3, -0.25) is 0 Å². The molecule has 100 valence electrons. The van der Waals surface area contributed by atoms with E-state index in [1.807, 2.05) is 24.3 Å². The first-order chi connectivity index (χ1) is 9.10. The summed E-state index contributed by atoms with van der Waals surface area (Å²) in [5.41, 5.74) is 6.77. The normalized spacial score (nSPS) is 10.2. The highest BCUT2D eigenvalue weighted by molar-refractivity contribution is 9.10. The number of nitrogens with one attached hydrogen (secondary N) is 1. The largest absolute Gasteiger partial charge is 0.465 e. The van der Waals surface area contributed by atoms with Gasteiger partial charge in [-0.25, -0.2) is 9.78 Å². The van der Waals surface area contributed by atoms with Gasteiger partial charge in [-0.2, -0.15) is 0 Å². The predicted molar refractivity (Wildman–Crippen MR) is 79.3 cm³/mol. The Morgan fingerprint density at radius 3 is 2.79 bits per heavy atom. The average Bonchev–Trinajstić information content (AvgIpc) is 2.78. The standard InChI is InChI=1S/C12H12BrN3O2S/c1-18-11(17)9-10(14)16-12(19-9)15-6-7-2-4-8(13)5-3-7/h2-5H,6,14H2,1H3,(H,15,16). The number of carbonyl (C=O) groups is 1. The highest BCUT2D eigenvalue weighted by Gasteiger charge is 2.16. The maximum atomic E-state index is 11.4. The van der Waals surface area contributed by atoms with Crippen molar-refractivity contribution in [2.24, 2.45) is 0 Å². The van der Waals surface area contributed by atoms with Gasteiger partial charge in [-0.15, -0.1) is 0 Å². The second-order valence-electron chi connectivity index (χ2n) is 3.70. The first-order valence-electron chi connectivity index (χ1n) is 5.43. The number of nitrogens with zero attached hydrogens (tertiary/aromatic N) is 1. The number of aromatic nitrogens is 1. The molecule has 0 spiro atoms. The Hall–Kier alpha value is -1.60. The zero-order valence-electron chi connectivity index (χ0n) is 10.1. The monoisotopic (exact) mass is 341 g/mol. The van der Waals surface area contributed by atoms with Crippen molar-refractivity contribution < 1.29 is 9.53 Å². The van der Waals surface area contributed by atoms with Crippen LogP contribution in [0.15, 0.2) is 28.7 Å². The lowest BCUT2D eigenvalue weighted by atomic mass is 10.2. The summed E-state index contributed by atoms with van der Waals surface area (Å²) in [5, 5.41) is 3.72. The quantitative estimate of drug-likeness (QED) is 0.836. The Bertz CT molecular complexity index is 583. The number of ether oxygens (including phenoxy) is 1. The van der Waals surface area contributed by atoms with E-state index in [4.69, 9.17) is 5.73 Å². The molecule has 0 unspecified atom stereocenters. The van der Waals surface area contributed by atoms with Gasteiger partial charge in [0.05, 0.1) is 7.11 Å². The van der Waals surface area contributed by atoms with Gasteiger partial charge >= 0.3 is 5.97 Å². The molecule has 0 saturated heterocycles. The smallest absolute Gasteiger partial charge is 0.351 e. The number of benzene rings is 1. The van der Waals surface area contributed by atoms with E-state index < -0.39 is 5.97 Å². The molecule has 1 aromatic heterocycles. The van der Waals surface area contributed by atoms with E-state index in [0.29, 0.717) is 16.6 Å². The number of thiazole rings is 1. The van der Waals surface area contributed by atoms with Crippen molar-refractivity contribution >= 4 is 44.2 Å². The van der Waals surface area contributed by atoms with Crippen LogP contribution < -0.4 is 11.1 Å².